The van der Waals surface area contributed by atoms with E-state index in [1.165, 1.54) is 26.2 Å². The number of morpholine rings is 1. The van der Waals surface area contributed by atoms with Crippen LogP contribution in [0.2, 0.25) is 0 Å². The van der Waals surface area contributed by atoms with E-state index in [4.69, 9.17) is 18.9 Å². The third-order valence-electron chi connectivity index (χ3n) is 16.2. The van der Waals surface area contributed by atoms with Crippen molar-refractivity contribution in [3.05, 3.63) is 0 Å². The van der Waals surface area contributed by atoms with Crippen LogP contribution in [-0.4, -0.2) is 108 Å². The van der Waals surface area contributed by atoms with Gasteiger partial charge in [-0.1, -0.05) is 34.6 Å². The van der Waals surface area contributed by atoms with Crippen molar-refractivity contribution in [2.45, 2.75) is 175 Å². The summed E-state index contributed by atoms with van der Waals surface area (Å²) >= 11 is 0. The minimum absolute atomic E-state index is 0. The lowest BCUT2D eigenvalue weighted by Crippen LogP contribution is -2.64. The Morgan fingerprint density at radius 3 is 2.35 bits per heavy atom. The van der Waals surface area contributed by atoms with E-state index in [0.717, 1.165) is 64.9 Å². The lowest BCUT2D eigenvalue weighted by atomic mass is 9.46. The Hall–Kier alpha value is -1.10. The first-order valence-corrected chi connectivity index (χ1v) is 20.9. The second-order valence-corrected chi connectivity index (χ2v) is 19.6. The van der Waals surface area contributed by atoms with Crippen molar-refractivity contribution in [2.75, 3.05) is 32.8 Å². The number of rotatable bonds is 7. The molecule has 0 aromatic heterocycles. The molecule has 0 aromatic rings. The fourth-order valence-electron chi connectivity index (χ4n) is 13.7. The molecule has 3 saturated heterocycles. The summed E-state index contributed by atoms with van der Waals surface area (Å²) in [6.45, 7) is 25.5. The first kappa shape index (κ1) is 38.2. The molecule has 3 aliphatic heterocycles. The zero-order chi connectivity index (χ0) is 36.9. The summed E-state index contributed by atoms with van der Waals surface area (Å²) in [6, 6.07) is 1.23. The third-order valence-corrected chi connectivity index (χ3v) is 16.2. The number of carbonyl (C=O) groups excluding carboxylic acids is 2. The van der Waals surface area contributed by atoms with Crippen molar-refractivity contribution in [3.8, 4) is 0 Å². The summed E-state index contributed by atoms with van der Waals surface area (Å²) in [5.74, 6) is 1.09. The number of ether oxygens (including phenoxy) is 4. The van der Waals surface area contributed by atoms with E-state index in [9.17, 15) is 14.7 Å². The number of hydrogen-bond donors (Lipinski definition) is 1. The van der Waals surface area contributed by atoms with Gasteiger partial charge < -0.3 is 24.1 Å². The highest BCUT2D eigenvalue weighted by molar-refractivity contribution is 5.90. The first-order valence-electron chi connectivity index (χ1n) is 20.9. The van der Waals surface area contributed by atoms with E-state index in [2.05, 4.69) is 44.4 Å². The van der Waals surface area contributed by atoms with Gasteiger partial charge in [-0.3, -0.25) is 19.4 Å². The van der Waals surface area contributed by atoms with Gasteiger partial charge in [0.2, 0.25) is 0 Å². The molecule has 9 nitrogen and oxygen atoms in total. The predicted molar refractivity (Wildman–Crippen MR) is 198 cm³/mol. The van der Waals surface area contributed by atoms with Crippen molar-refractivity contribution < 1.29 is 35.1 Å². The quantitative estimate of drug-likeness (QED) is 0.297. The first-order chi connectivity index (χ1) is 24.0. The van der Waals surface area contributed by atoms with Gasteiger partial charge in [0.05, 0.1) is 24.4 Å². The Morgan fingerprint density at radius 1 is 0.980 bits per heavy atom. The summed E-state index contributed by atoms with van der Waals surface area (Å²) in [4.78, 5) is 31.7. The number of ketones is 1. The Balaban J connectivity index is 0.00000152. The van der Waals surface area contributed by atoms with Crippen LogP contribution in [0.15, 0.2) is 0 Å². The molecule has 0 amide bonds. The van der Waals surface area contributed by atoms with Crippen LogP contribution in [0.25, 0.3) is 0 Å². The molecule has 0 bridgehead atoms. The molecule has 5 saturated carbocycles. The lowest BCUT2D eigenvalue weighted by Gasteiger charge is -2.59. The Morgan fingerprint density at radius 2 is 1.69 bits per heavy atom. The van der Waals surface area contributed by atoms with Gasteiger partial charge in [-0.25, -0.2) is 0 Å². The number of carbonyl (C=O) groups is 2. The number of fused-ring (bicyclic) bond motifs is 4. The largest absolute Gasteiger partial charge is 0.457 e. The minimum Gasteiger partial charge on any atom is -0.457 e. The highest BCUT2D eigenvalue weighted by Crippen LogP contribution is 2.87. The van der Waals surface area contributed by atoms with Gasteiger partial charge in [0, 0.05) is 52.5 Å². The number of likely N-dealkylation sites (tertiary alicyclic amines) is 1. The maximum atomic E-state index is 14.6. The summed E-state index contributed by atoms with van der Waals surface area (Å²) in [7, 11) is 0. The second kappa shape index (κ2) is 13.3. The van der Waals surface area contributed by atoms with E-state index in [1.54, 1.807) is 13.8 Å². The average molecular weight is 717 g/mol. The molecule has 292 valence electrons. The molecule has 0 aromatic carbocycles. The second-order valence-electron chi connectivity index (χ2n) is 19.6. The monoisotopic (exact) mass is 717 g/mol. The van der Waals surface area contributed by atoms with Crippen LogP contribution < -0.4 is 0 Å². The summed E-state index contributed by atoms with van der Waals surface area (Å²) < 4.78 is 25.5. The molecule has 5 aliphatic carbocycles. The predicted octanol–water partition coefficient (Wildman–Crippen LogP) is 6.48. The zero-order valence-corrected chi connectivity index (χ0v) is 33.5. The maximum absolute atomic E-state index is 14.6. The SMILES string of the molecule is CC.CC(=O)OC(C1CCC2C(O1)C(=O)C1C3CCC4C(C)(C)C(OC5CN(C6CN(C(C)C)C6)CCO5)CCC45CC35CCC21C)C(C)(C)O.[HH]. The lowest BCUT2D eigenvalue weighted by molar-refractivity contribution is -0.250. The normalized spacial score (nSPS) is 45.5. The Labute approximate surface area is 309 Å². The molecular formula is C42H72N2O7. The number of nitrogens with zero attached hydrogens (tertiary/aromatic N) is 2. The van der Waals surface area contributed by atoms with Gasteiger partial charge in [0.15, 0.2) is 18.2 Å². The standard InChI is InChI=1S/C40H64N2O7.C2H6.H2/c1-23(2)42-19-25(20-42)41-17-18-46-31(21-41)49-30-13-14-40-22-39(40)16-15-38(8)27-9-11-28(35(37(6,7)45)47-24(3)43)48-34(27)33(44)32(38)26(39)10-12-29(40)36(30,4)5;1-2;/h23,25-32,34-35,45H,9-22H2,1-8H3;1-2H3;1H. The molecule has 2 spiro atoms. The highest BCUT2D eigenvalue weighted by Gasteiger charge is 2.82. The average Bonchev–Trinajstić information content (AvgIpc) is 3.66. The number of aliphatic hydroxyl groups is 1. The van der Waals surface area contributed by atoms with Gasteiger partial charge >= 0.3 is 5.97 Å². The van der Waals surface area contributed by atoms with Crippen molar-refractivity contribution in [2.24, 2.45) is 45.3 Å². The number of hydrogen-bond acceptors (Lipinski definition) is 9. The molecule has 8 rings (SSSR count). The van der Waals surface area contributed by atoms with Crippen LogP contribution >= 0.6 is 0 Å². The van der Waals surface area contributed by atoms with Gasteiger partial charge in [0.1, 0.15) is 6.10 Å². The van der Waals surface area contributed by atoms with Crippen LogP contribution in [0.1, 0.15) is 128 Å². The van der Waals surface area contributed by atoms with Crippen LogP contribution in [-0.2, 0) is 28.5 Å². The Bertz CT molecular complexity index is 1330. The van der Waals surface area contributed by atoms with Crippen LogP contribution in [0.5, 0.6) is 0 Å². The smallest absolute Gasteiger partial charge is 0.303 e. The highest BCUT2D eigenvalue weighted by atomic mass is 16.7. The van der Waals surface area contributed by atoms with E-state index in [1.807, 2.05) is 13.8 Å². The molecule has 3 heterocycles. The van der Waals surface area contributed by atoms with E-state index >= 15 is 0 Å². The minimum atomic E-state index is -1.26. The van der Waals surface area contributed by atoms with Crippen LogP contribution in [0.4, 0.5) is 0 Å². The summed E-state index contributed by atoms with van der Waals surface area (Å²) in [5, 5.41) is 10.9. The third kappa shape index (κ3) is 5.91. The molecule has 12 unspecified atom stereocenters. The molecule has 51 heavy (non-hydrogen) atoms. The molecule has 9 heteroatoms. The van der Waals surface area contributed by atoms with Crippen LogP contribution in [0, 0.1) is 45.3 Å². The number of Topliss-reactive ketones (excluding diaryl/α,β-unsaturated/α-hetero) is 1. The summed E-state index contributed by atoms with van der Waals surface area (Å²) in [6.07, 6.45) is 7.97. The molecule has 1 N–H and O–H groups in total. The van der Waals surface area contributed by atoms with Gasteiger partial charge in [-0.15, -0.1) is 0 Å². The fourth-order valence-corrected chi connectivity index (χ4v) is 13.7. The maximum Gasteiger partial charge on any atom is 0.303 e. The van der Waals surface area contributed by atoms with Crippen molar-refractivity contribution in [3.63, 3.8) is 0 Å². The van der Waals surface area contributed by atoms with E-state index < -0.39 is 29.9 Å². The van der Waals surface area contributed by atoms with E-state index in [0.29, 0.717) is 35.8 Å². The van der Waals surface area contributed by atoms with Crippen molar-refractivity contribution in [1.29, 1.82) is 0 Å². The van der Waals surface area contributed by atoms with Gasteiger partial charge in [-0.05, 0) is 125 Å². The zero-order valence-electron chi connectivity index (χ0n) is 33.5. The molecule has 12 atom stereocenters. The molecule has 0 radical (unpaired) electrons. The molecule has 8 aliphatic rings. The fraction of sp³-hybridized carbons (Fsp3) is 0.952. The molecular weight excluding hydrogens is 644 g/mol. The van der Waals surface area contributed by atoms with Crippen LogP contribution in [0.3, 0.4) is 0 Å². The van der Waals surface area contributed by atoms with Gasteiger partial charge in [-0.2, -0.15) is 0 Å². The number of esters is 1. The van der Waals surface area contributed by atoms with E-state index in [-0.39, 0.29) is 47.7 Å². The summed E-state index contributed by atoms with van der Waals surface area (Å²) in [5.41, 5.74) is -0.698. The topological polar surface area (TPSA) is 97.8 Å². The van der Waals surface area contributed by atoms with Crippen molar-refractivity contribution in [1.82, 2.24) is 9.80 Å². The van der Waals surface area contributed by atoms with Crippen molar-refractivity contribution >= 4 is 11.8 Å². The Kier molecular flexibility index (Phi) is 9.95. The molecule has 8 fully saturated rings. The van der Waals surface area contributed by atoms with Gasteiger partial charge in [0.25, 0.3) is 0 Å².